The molecule has 0 N–H and O–H groups in total. The Bertz CT molecular complexity index is 466. The minimum atomic E-state index is -3.77. The molecule has 84 valence electrons. The Labute approximate surface area is 91.9 Å². The van der Waals surface area contributed by atoms with Crippen molar-refractivity contribution < 1.29 is 13.2 Å². The summed E-state index contributed by atoms with van der Waals surface area (Å²) in [6.07, 6.45) is 2.31. The van der Waals surface area contributed by atoms with E-state index in [0.29, 0.717) is 0 Å². The van der Waals surface area contributed by atoms with Gasteiger partial charge in [-0.3, -0.25) is 9.48 Å². The molecular weight excluding hydrogens is 242 g/mol. The fraction of sp³-hybridized carbons (Fsp3) is 0.429. The highest BCUT2D eigenvalue weighted by atomic mass is 35.7. The maximum atomic E-state index is 11.3. The van der Waals surface area contributed by atoms with Crippen LogP contribution >= 0.6 is 10.7 Å². The fourth-order valence-corrected chi connectivity index (χ4v) is 1.50. The van der Waals surface area contributed by atoms with E-state index < -0.39 is 9.05 Å². The van der Waals surface area contributed by atoms with E-state index in [0.717, 1.165) is 6.20 Å². The summed E-state index contributed by atoms with van der Waals surface area (Å²) in [5.41, 5.74) is 0. The molecule has 0 spiro atoms. The van der Waals surface area contributed by atoms with Crippen molar-refractivity contribution in [1.29, 1.82) is 0 Å². The van der Waals surface area contributed by atoms with Gasteiger partial charge in [-0.25, -0.2) is 8.42 Å². The number of hydrogen-bond donors (Lipinski definition) is 0. The van der Waals surface area contributed by atoms with E-state index in [-0.39, 0.29) is 17.3 Å². The molecule has 8 heteroatoms. The molecule has 0 aromatic carbocycles. The molecule has 1 heterocycles. The molecule has 0 saturated carbocycles. The first-order chi connectivity index (χ1) is 6.80. The van der Waals surface area contributed by atoms with Crippen LogP contribution in [-0.4, -0.2) is 43.1 Å². The second kappa shape index (κ2) is 4.19. The Kier molecular flexibility index (Phi) is 3.35. The summed E-state index contributed by atoms with van der Waals surface area (Å²) in [6, 6.07) is 0. The van der Waals surface area contributed by atoms with Gasteiger partial charge in [-0.05, 0) is 0 Å². The highest BCUT2D eigenvalue weighted by Gasteiger charge is 2.14. The Morgan fingerprint density at radius 3 is 2.60 bits per heavy atom. The molecular formula is C7H10ClN3O3S. The first-order valence-electron chi connectivity index (χ1n) is 3.98. The maximum absolute atomic E-state index is 11.3. The summed E-state index contributed by atoms with van der Waals surface area (Å²) < 4.78 is 23.0. The van der Waals surface area contributed by atoms with Gasteiger partial charge < -0.3 is 4.90 Å². The number of rotatable bonds is 3. The van der Waals surface area contributed by atoms with Crippen molar-refractivity contribution in [1.82, 2.24) is 14.7 Å². The lowest BCUT2D eigenvalue weighted by Crippen LogP contribution is -2.26. The minimum Gasteiger partial charge on any atom is -0.347 e. The smallest absolute Gasteiger partial charge is 0.264 e. The van der Waals surface area contributed by atoms with E-state index >= 15 is 0 Å². The minimum absolute atomic E-state index is 0.0145. The normalized spacial score (nSPS) is 11.4. The zero-order valence-corrected chi connectivity index (χ0v) is 9.79. The van der Waals surface area contributed by atoms with Crippen molar-refractivity contribution in [3.63, 3.8) is 0 Å². The Balaban J connectivity index is 2.83. The van der Waals surface area contributed by atoms with Crippen LogP contribution < -0.4 is 0 Å². The summed E-state index contributed by atoms with van der Waals surface area (Å²) in [4.78, 5) is 12.5. The first kappa shape index (κ1) is 12.0. The van der Waals surface area contributed by atoms with Gasteiger partial charge in [-0.2, -0.15) is 5.10 Å². The number of aromatic nitrogens is 2. The molecule has 15 heavy (non-hydrogen) atoms. The van der Waals surface area contributed by atoms with Gasteiger partial charge in [0.15, 0.2) is 0 Å². The third kappa shape index (κ3) is 3.21. The number of carbonyl (C=O) groups is 1. The summed E-state index contributed by atoms with van der Waals surface area (Å²) >= 11 is 0. The molecule has 1 aromatic heterocycles. The zero-order valence-electron chi connectivity index (χ0n) is 8.21. The SMILES string of the molecule is CN(C)C(=O)Cn1cc(S(=O)(=O)Cl)cn1. The lowest BCUT2D eigenvalue weighted by molar-refractivity contribution is -0.129. The van der Waals surface area contributed by atoms with Gasteiger partial charge >= 0.3 is 0 Å². The topological polar surface area (TPSA) is 72.3 Å². The molecule has 0 radical (unpaired) electrons. The highest BCUT2D eigenvalue weighted by Crippen LogP contribution is 2.12. The highest BCUT2D eigenvalue weighted by molar-refractivity contribution is 8.13. The number of amides is 1. The predicted molar refractivity (Wildman–Crippen MR) is 54.0 cm³/mol. The molecule has 0 unspecified atom stereocenters. The second-order valence-electron chi connectivity index (χ2n) is 3.10. The molecule has 0 fully saturated rings. The number of hydrogen-bond acceptors (Lipinski definition) is 4. The summed E-state index contributed by atoms with van der Waals surface area (Å²) in [5.74, 6) is -0.184. The van der Waals surface area contributed by atoms with Crippen LogP contribution in [0.2, 0.25) is 0 Å². The standard InChI is InChI=1S/C7H10ClN3O3S/c1-10(2)7(12)5-11-4-6(3-9-11)15(8,13)14/h3-4H,5H2,1-2H3. The molecule has 0 atom stereocenters. The number of nitrogens with zero attached hydrogens (tertiary/aromatic N) is 3. The van der Waals surface area contributed by atoms with Crippen LogP contribution in [0, 0.1) is 0 Å². The van der Waals surface area contributed by atoms with Crippen LogP contribution in [0.3, 0.4) is 0 Å². The second-order valence-corrected chi connectivity index (χ2v) is 5.67. The molecule has 0 bridgehead atoms. The van der Waals surface area contributed by atoms with Gasteiger partial charge in [0.25, 0.3) is 9.05 Å². The average Bonchev–Trinajstić information content (AvgIpc) is 2.51. The average molecular weight is 252 g/mol. The van der Waals surface area contributed by atoms with Gasteiger partial charge in [0, 0.05) is 31.0 Å². The van der Waals surface area contributed by atoms with E-state index in [2.05, 4.69) is 5.10 Å². The van der Waals surface area contributed by atoms with Crippen molar-refractivity contribution in [2.24, 2.45) is 0 Å². The van der Waals surface area contributed by atoms with E-state index in [4.69, 9.17) is 10.7 Å². The first-order valence-corrected chi connectivity index (χ1v) is 6.29. The molecule has 1 aromatic rings. The van der Waals surface area contributed by atoms with Crippen molar-refractivity contribution in [3.05, 3.63) is 12.4 Å². The number of likely N-dealkylation sites (N-methyl/N-ethyl adjacent to an activating group) is 1. The van der Waals surface area contributed by atoms with Crippen molar-refractivity contribution in [2.75, 3.05) is 14.1 Å². The summed E-state index contributed by atoms with van der Waals surface area (Å²) in [6.45, 7) is -0.0145. The van der Waals surface area contributed by atoms with E-state index in [1.165, 1.54) is 15.8 Å². The van der Waals surface area contributed by atoms with Crippen molar-refractivity contribution >= 4 is 25.6 Å². The van der Waals surface area contributed by atoms with Crippen LogP contribution in [0.4, 0.5) is 0 Å². The molecule has 1 amide bonds. The third-order valence-electron chi connectivity index (χ3n) is 1.69. The number of halogens is 1. The molecule has 0 saturated heterocycles. The Morgan fingerprint density at radius 2 is 2.20 bits per heavy atom. The Morgan fingerprint density at radius 1 is 1.60 bits per heavy atom. The Hall–Kier alpha value is -1.08. The third-order valence-corrected chi connectivity index (χ3v) is 3.00. The van der Waals surface area contributed by atoms with Gasteiger partial charge in [-0.1, -0.05) is 0 Å². The molecule has 0 aliphatic rings. The fourth-order valence-electron chi connectivity index (χ4n) is 0.837. The van der Waals surface area contributed by atoms with E-state index in [1.807, 2.05) is 0 Å². The quantitative estimate of drug-likeness (QED) is 0.704. The van der Waals surface area contributed by atoms with Crippen LogP contribution in [0.1, 0.15) is 0 Å². The van der Waals surface area contributed by atoms with Crippen LogP contribution in [0.15, 0.2) is 17.3 Å². The molecule has 0 aliphatic carbocycles. The van der Waals surface area contributed by atoms with E-state index in [1.54, 1.807) is 14.1 Å². The lowest BCUT2D eigenvalue weighted by atomic mass is 10.5. The van der Waals surface area contributed by atoms with Gasteiger partial charge in [-0.15, -0.1) is 0 Å². The number of carbonyl (C=O) groups excluding carboxylic acids is 1. The predicted octanol–water partition coefficient (Wildman–Crippen LogP) is -0.101. The van der Waals surface area contributed by atoms with Crippen LogP contribution in [0.25, 0.3) is 0 Å². The zero-order chi connectivity index (χ0) is 11.6. The van der Waals surface area contributed by atoms with Crippen molar-refractivity contribution in [3.8, 4) is 0 Å². The van der Waals surface area contributed by atoms with Crippen molar-refractivity contribution in [2.45, 2.75) is 11.4 Å². The van der Waals surface area contributed by atoms with Crippen LogP contribution in [-0.2, 0) is 20.4 Å². The summed E-state index contributed by atoms with van der Waals surface area (Å²) in [7, 11) is 4.52. The van der Waals surface area contributed by atoms with Gasteiger partial charge in [0.1, 0.15) is 11.4 Å². The van der Waals surface area contributed by atoms with Gasteiger partial charge in [0.2, 0.25) is 5.91 Å². The maximum Gasteiger partial charge on any atom is 0.264 e. The monoisotopic (exact) mass is 251 g/mol. The van der Waals surface area contributed by atoms with Crippen LogP contribution in [0.5, 0.6) is 0 Å². The van der Waals surface area contributed by atoms with E-state index in [9.17, 15) is 13.2 Å². The molecule has 0 aliphatic heterocycles. The van der Waals surface area contributed by atoms with Gasteiger partial charge in [0.05, 0.1) is 6.20 Å². The molecule has 6 nitrogen and oxygen atoms in total. The summed E-state index contributed by atoms with van der Waals surface area (Å²) in [5, 5.41) is 3.71. The lowest BCUT2D eigenvalue weighted by Gasteiger charge is -2.09. The largest absolute Gasteiger partial charge is 0.347 e. The molecule has 1 rings (SSSR count).